The normalized spacial score (nSPS) is 18.8. The molecule has 1 saturated carbocycles. The van der Waals surface area contributed by atoms with E-state index in [9.17, 15) is 15.2 Å². The van der Waals surface area contributed by atoms with Crippen LogP contribution in [0.15, 0.2) is 42.6 Å². The Morgan fingerprint density at radius 3 is 2.79 bits per heavy atom. The number of benzene rings is 2. The molecule has 2 aliphatic rings. The van der Waals surface area contributed by atoms with Gasteiger partial charge in [-0.1, -0.05) is 17.7 Å². The lowest BCUT2D eigenvalue weighted by Crippen LogP contribution is -2.31. The van der Waals surface area contributed by atoms with Crippen molar-refractivity contribution in [2.24, 2.45) is 5.92 Å². The van der Waals surface area contributed by atoms with Crippen LogP contribution in [-0.2, 0) is 19.7 Å². The molecule has 2 fully saturated rings. The molecule has 2 heterocycles. The van der Waals surface area contributed by atoms with Crippen LogP contribution in [-0.4, -0.2) is 38.7 Å². The highest BCUT2D eigenvalue weighted by Gasteiger charge is 2.26. The SMILES string of the molecule is O=[N+]([O-])c1cc(COc2ccc3c(c2)c(CN2CCC[C@H]2CO)cn3CC2CC2)ccc1Cl. The third-order valence-electron chi connectivity index (χ3n) is 6.78. The molecule has 1 aliphatic heterocycles. The molecule has 0 spiro atoms. The lowest BCUT2D eigenvalue weighted by atomic mass is 10.1. The first-order chi connectivity index (χ1) is 16.0. The van der Waals surface area contributed by atoms with Gasteiger partial charge in [0.1, 0.15) is 17.4 Å². The van der Waals surface area contributed by atoms with E-state index >= 15 is 0 Å². The molecule has 0 unspecified atom stereocenters. The van der Waals surface area contributed by atoms with Crippen molar-refractivity contribution >= 4 is 28.2 Å². The fourth-order valence-electron chi connectivity index (χ4n) is 4.78. The molecule has 1 aromatic heterocycles. The highest BCUT2D eigenvalue weighted by atomic mass is 35.5. The van der Waals surface area contributed by atoms with Gasteiger partial charge in [-0.15, -0.1) is 0 Å². The number of fused-ring (bicyclic) bond motifs is 1. The summed E-state index contributed by atoms with van der Waals surface area (Å²) in [5.74, 6) is 1.49. The van der Waals surface area contributed by atoms with E-state index in [0.717, 1.165) is 44.1 Å². The van der Waals surface area contributed by atoms with Crippen LogP contribution in [0.25, 0.3) is 10.9 Å². The molecule has 174 valence electrons. The largest absolute Gasteiger partial charge is 0.489 e. The number of nitro groups is 1. The van der Waals surface area contributed by atoms with Crippen molar-refractivity contribution in [3.05, 3.63) is 68.9 Å². The Bertz CT molecular complexity index is 1170. The van der Waals surface area contributed by atoms with E-state index in [2.05, 4.69) is 27.8 Å². The summed E-state index contributed by atoms with van der Waals surface area (Å²) >= 11 is 5.92. The minimum absolute atomic E-state index is 0.114. The Balaban J connectivity index is 1.39. The number of hydrogen-bond donors (Lipinski definition) is 1. The van der Waals surface area contributed by atoms with Crippen molar-refractivity contribution in [1.82, 2.24) is 9.47 Å². The van der Waals surface area contributed by atoms with Crippen molar-refractivity contribution < 1.29 is 14.8 Å². The first-order valence-corrected chi connectivity index (χ1v) is 11.9. The van der Waals surface area contributed by atoms with Crippen molar-refractivity contribution in [1.29, 1.82) is 0 Å². The van der Waals surface area contributed by atoms with Gasteiger partial charge in [0.25, 0.3) is 5.69 Å². The number of rotatable bonds is 9. The molecule has 7 nitrogen and oxygen atoms in total. The van der Waals surface area contributed by atoms with Crippen LogP contribution in [0.4, 0.5) is 5.69 Å². The minimum atomic E-state index is -0.481. The third kappa shape index (κ3) is 4.86. The zero-order valence-electron chi connectivity index (χ0n) is 18.5. The first kappa shape index (κ1) is 22.2. The van der Waals surface area contributed by atoms with Gasteiger partial charge >= 0.3 is 0 Å². The fraction of sp³-hybridized carbons (Fsp3) is 0.440. The van der Waals surface area contributed by atoms with E-state index < -0.39 is 4.92 Å². The maximum absolute atomic E-state index is 11.2. The zero-order chi connectivity index (χ0) is 22.9. The molecule has 8 heteroatoms. The summed E-state index contributed by atoms with van der Waals surface area (Å²) in [4.78, 5) is 13.1. The Morgan fingerprint density at radius 1 is 1.18 bits per heavy atom. The van der Waals surface area contributed by atoms with Gasteiger partial charge in [-0.3, -0.25) is 15.0 Å². The molecule has 33 heavy (non-hydrogen) atoms. The van der Waals surface area contributed by atoms with E-state index in [0.29, 0.717) is 5.56 Å². The van der Waals surface area contributed by atoms with Crippen LogP contribution in [0.3, 0.4) is 0 Å². The summed E-state index contributed by atoms with van der Waals surface area (Å²) in [6.45, 7) is 3.27. The fourth-order valence-corrected chi connectivity index (χ4v) is 4.97. The number of nitrogens with zero attached hydrogens (tertiary/aromatic N) is 3. The number of ether oxygens (including phenoxy) is 1. The quantitative estimate of drug-likeness (QED) is 0.346. The summed E-state index contributed by atoms with van der Waals surface area (Å²) in [7, 11) is 0. The van der Waals surface area contributed by atoms with Crippen LogP contribution in [0.1, 0.15) is 36.8 Å². The Kier molecular flexibility index (Phi) is 6.27. The summed E-state index contributed by atoms with van der Waals surface area (Å²) in [5, 5.41) is 22.2. The number of likely N-dealkylation sites (tertiary alicyclic amines) is 1. The molecule has 1 aliphatic carbocycles. The smallest absolute Gasteiger partial charge is 0.288 e. The highest BCUT2D eigenvalue weighted by molar-refractivity contribution is 6.32. The molecular formula is C25H28ClN3O4. The molecular weight excluding hydrogens is 442 g/mol. The number of nitro benzene ring substituents is 1. The van der Waals surface area contributed by atoms with Gasteiger partial charge in [0, 0.05) is 42.3 Å². The Hall–Kier alpha value is -2.61. The molecule has 1 N–H and O–H groups in total. The van der Waals surface area contributed by atoms with Crippen molar-refractivity contribution in [3.63, 3.8) is 0 Å². The van der Waals surface area contributed by atoms with E-state index in [4.69, 9.17) is 16.3 Å². The zero-order valence-corrected chi connectivity index (χ0v) is 19.2. The molecule has 5 rings (SSSR count). The number of aromatic nitrogens is 1. The maximum atomic E-state index is 11.2. The van der Waals surface area contributed by atoms with Crippen LogP contribution in [0.2, 0.25) is 5.02 Å². The van der Waals surface area contributed by atoms with Gasteiger partial charge in [0.05, 0.1) is 11.5 Å². The average molecular weight is 470 g/mol. The average Bonchev–Trinajstić information content (AvgIpc) is 3.41. The van der Waals surface area contributed by atoms with E-state index in [1.807, 2.05) is 6.07 Å². The molecule has 2 aromatic carbocycles. The molecule has 1 atom stereocenters. The van der Waals surface area contributed by atoms with E-state index in [-0.39, 0.29) is 30.0 Å². The predicted molar refractivity (Wildman–Crippen MR) is 128 cm³/mol. The minimum Gasteiger partial charge on any atom is -0.489 e. The standard InChI is InChI=1S/C25H28ClN3O4/c26-23-7-5-18(10-25(23)29(31)32)16-33-21-6-8-24-22(11-21)19(14-28(24)12-17-3-4-17)13-27-9-1-2-20(27)15-30/h5-8,10-11,14,17,20,30H,1-4,9,12-13,15-16H2/t20-/m0/s1. The van der Waals surface area contributed by atoms with Crippen LogP contribution < -0.4 is 4.74 Å². The lowest BCUT2D eigenvalue weighted by Gasteiger charge is -2.22. The Labute approximate surface area is 197 Å². The molecule has 1 saturated heterocycles. The maximum Gasteiger partial charge on any atom is 0.288 e. The molecule has 0 bridgehead atoms. The highest BCUT2D eigenvalue weighted by Crippen LogP contribution is 2.35. The number of halogens is 1. The summed E-state index contributed by atoms with van der Waals surface area (Å²) < 4.78 is 8.38. The van der Waals surface area contributed by atoms with Gasteiger partial charge in [-0.25, -0.2) is 0 Å². The van der Waals surface area contributed by atoms with Gasteiger partial charge in [0.15, 0.2) is 0 Å². The second-order valence-corrected chi connectivity index (χ2v) is 9.62. The summed E-state index contributed by atoms with van der Waals surface area (Å²) in [6, 6.07) is 11.1. The number of aliphatic hydroxyl groups excluding tert-OH is 1. The molecule has 0 amide bonds. The predicted octanol–water partition coefficient (Wildman–Crippen LogP) is 5.15. The van der Waals surface area contributed by atoms with Crippen molar-refractivity contribution in [3.8, 4) is 5.75 Å². The van der Waals surface area contributed by atoms with Crippen LogP contribution >= 0.6 is 11.6 Å². The van der Waals surface area contributed by atoms with Crippen molar-refractivity contribution in [2.75, 3.05) is 13.2 Å². The van der Waals surface area contributed by atoms with Gasteiger partial charge in [-0.2, -0.15) is 0 Å². The monoisotopic (exact) mass is 469 g/mol. The van der Waals surface area contributed by atoms with Gasteiger partial charge in [-0.05, 0) is 73.5 Å². The van der Waals surface area contributed by atoms with E-state index in [1.54, 1.807) is 6.07 Å². The van der Waals surface area contributed by atoms with Crippen molar-refractivity contribution in [2.45, 2.75) is 51.4 Å². The van der Waals surface area contributed by atoms with Gasteiger partial charge < -0.3 is 14.4 Å². The second kappa shape index (κ2) is 9.33. The second-order valence-electron chi connectivity index (χ2n) is 9.21. The van der Waals surface area contributed by atoms with Crippen LogP contribution in [0, 0.1) is 16.0 Å². The van der Waals surface area contributed by atoms with Gasteiger partial charge in [0.2, 0.25) is 0 Å². The topological polar surface area (TPSA) is 80.8 Å². The number of aliphatic hydroxyl groups is 1. The Morgan fingerprint density at radius 2 is 2.03 bits per heavy atom. The lowest BCUT2D eigenvalue weighted by molar-refractivity contribution is -0.384. The van der Waals surface area contributed by atoms with Crippen LogP contribution in [0.5, 0.6) is 5.75 Å². The number of hydrogen-bond acceptors (Lipinski definition) is 5. The molecule has 0 radical (unpaired) electrons. The third-order valence-corrected chi connectivity index (χ3v) is 7.10. The van der Waals surface area contributed by atoms with E-state index in [1.165, 1.54) is 41.4 Å². The summed E-state index contributed by atoms with van der Waals surface area (Å²) in [5.41, 5.74) is 3.03. The molecule has 3 aromatic rings. The first-order valence-electron chi connectivity index (χ1n) is 11.5. The summed E-state index contributed by atoms with van der Waals surface area (Å²) in [6.07, 6.45) is 7.01.